The summed E-state index contributed by atoms with van der Waals surface area (Å²) in [5, 5.41) is 2.80. The first-order valence-electron chi connectivity index (χ1n) is 3.29. The lowest BCUT2D eigenvalue weighted by Gasteiger charge is -2.14. The minimum absolute atomic E-state index is 0.0463. The smallest absolute Gasteiger partial charge is 0.247 e. The molecule has 1 N–H and O–H groups in total. The monoisotopic (exact) mass is 269 g/mol. The van der Waals surface area contributed by atoms with Crippen molar-refractivity contribution in [3.63, 3.8) is 0 Å². The van der Waals surface area contributed by atoms with Crippen molar-refractivity contribution < 1.29 is 4.79 Å². The van der Waals surface area contributed by atoms with Crippen molar-refractivity contribution in [3.05, 3.63) is 0 Å². The Kier molecular flexibility index (Phi) is 2.74. The van der Waals surface area contributed by atoms with Crippen LogP contribution in [0.15, 0.2) is 0 Å². The summed E-state index contributed by atoms with van der Waals surface area (Å²) < 4.78 is -0.503. The number of amides is 1. The molecule has 1 rings (SSSR count). The molecule has 0 unspecified atom stereocenters. The van der Waals surface area contributed by atoms with E-state index in [1.807, 2.05) is 0 Å². The highest BCUT2D eigenvalue weighted by molar-refractivity contribution is 9.25. The molecule has 1 aliphatic rings. The van der Waals surface area contributed by atoms with Crippen molar-refractivity contribution in [2.75, 3.05) is 6.54 Å². The molecule has 0 aromatic heterocycles. The average Bonchev–Trinajstić information content (AvgIpc) is 1.96. The number of carbonyl (C=O) groups excluding carboxylic acids is 1. The third-order valence-electron chi connectivity index (χ3n) is 1.54. The van der Waals surface area contributed by atoms with Crippen LogP contribution in [0.5, 0.6) is 0 Å². The Morgan fingerprint density at radius 3 is 2.80 bits per heavy atom. The molecule has 1 amide bonds. The number of rotatable bonds is 0. The molecular formula is C6H9Br2NO. The van der Waals surface area contributed by atoms with E-state index in [2.05, 4.69) is 37.2 Å². The summed E-state index contributed by atoms with van der Waals surface area (Å²) >= 11 is 6.62. The molecule has 10 heavy (non-hydrogen) atoms. The summed E-state index contributed by atoms with van der Waals surface area (Å²) in [6.45, 7) is 0.803. The van der Waals surface area contributed by atoms with Crippen molar-refractivity contribution in [1.29, 1.82) is 0 Å². The van der Waals surface area contributed by atoms with Crippen LogP contribution in [0.1, 0.15) is 19.3 Å². The van der Waals surface area contributed by atoms with Gasteiger partial charge in [-0.15, -0.1) is 0 Å². The van der Waals surface area contributed by atoms with Crippen LogP contribution in [0.3, 0.4) is 0 Å². The predicted molar refractivity (Wildman–Crippen MR) is 47.4 cm³/mol. The van der Waals surface area contributed by atoms with Gasteiger partial charge < -0.3 is 5.32 Å². The Morgan fingerprint density at radius 2 is 2.10 bits per heavy atom. The van der Waals surface area contributed by atoms with Gasteiger partial charge in [0, 0.05) is 6.54 Å². The lowest BCUT2D eigenvalue weighted by atomic mass is 10.2. The first kappa shape index (κ1) is 8.53. The van der Waals surface area contributed by atoms with Crippen molar-refractivity contribution in [3.8, 4) is 0 Å². The van der Waals surface area contributed by atoms with Gasteiger partial charge in [0.25, 0.3) is 0 Å². The summed E-state index contributed by atoms with van der Waals surface area (Å²) in [4.78, 5) is 11.1. The SMILES string of the molecule is O=C1NCCCCC1(Br)Br. The van der Waals surface area contributed by atoms with Gasteiger partial charge >= 0.3 is 0 Å². The molecule has 0 aromatic carbocycles. The van der Waals surface area contributed by atoms with Gasteiger partial charge in [0.2, 0.25) is 5.91 Å². The highest BCUT2D eigenvalue weighted by atomic mass is 79.9. The largest absolute Gasteiger partial charge is 0.354 e. The molecule has 1 aliphatic heterocycles. The molecule has 1 heterocycles. The van der Waals surface area contributed by atoms with Crippen LogP contribution >= 0.6 is 31.9 Å². The van der Waals surface area contributed by atoms with Crippen LogP contribution in [-0.2, 0) is 4.79 Å². The minimum Gasteiger partial charge on any atom is -0.354 e. The molecule has 0 bridgehead atoms. The number of hydrogen-bond acceptors (Lipinski definition) is 1. The van der Waals surface area contributed by atoms with E-state index >= 15 is 0 Å². The van der Waals surface area contributed by atoms with Gasteiger partial charge in [-0.1, -0.05) is 31.9 Å². The number of carbonyl (C=O) groups is 1. The molecule has 4 heteroatoms. The molecule has 0 aliphatic carbocycles. The molecular weight excluding hydrogens is 262 g/mol. The Labute approximate surface area is 77.0 Å². The van der Waals surface area contributed by atoms with E-state index in [9.17, 15) is 4.79 Å². The van der Waals surface area contributed by atoms with Gasteiger partial charge in [0.05, 0.1) is 0 Å². The van der Waals surface area contributed by atoms with Crippen LogP contribution in [0.2, 0.25) is 0 Å². The minimum atomic E-state index is -0.503. The number of hydrogen-bond donors (Lipinski definition) is 1. The van der Waals surface area contributed by atoms with E-state index in [4.69, 9.17) is 0 Å². The van der Waals surface area contributed by atoms with Crippen LogP contribution in [0.25, 0.3) is 0 Å². The Bertz CT molecular complexity index is 147. The fraction of sp³-hybridized carbons (Fsp3) is 0.833. The number of halogens is 2. The quantitative estimate of drug-likeness (QED) is 0.668. The van der Waals surface area contributed by atoms with E-state index in [0.717, 1.165) is 25.8 Å². The topological polar surface area (TPSA) is 29.1 Å². The maximum atomic E-state index is 11.1. The zero-order valence-electron chi connectivity index (χ0n) is 5.49. The second-order valence-electron chi connectivity index (χ2n) is 2.42. The number of alkyl halides is 2. The van der Waals surface area contributed by atoms with E-state index in [0.29, 0.717) is 0 Å². The van der Waals surface area contributed by atoms with Gasteiger partial charge in [-0.2, -0.15) is 0 Å². The van der Waals surface area contributed by atoms with Crippen molar-refractivity contribution in [2.45, 2.75) is 22.5 Å². The van der Waals surface area contributed by atoms with Crippen molar-refractivity contribution in [1.82, 2.24) is 5.32 Å². The van der Waals surface area contributed by atoms with Gasteiger partial charge in [-0.3, -0.25) is 4.79 Å². The Hall–Kier alpha value is 0.430. The summed E-state index contributed by atoms with van der Waals surface area (Å²) in [6, 6.07) is 0. The normalized spacial score (nSPS) is 25.2. The highest BCUT2D eigenvalue weighted by Crippen LogP contribution is 2.33. The molecule has 0 aromatic rings. The fourth-order valence-corrected chi connectivity index (χ4v) is 1.76. The third-order valence-corrected chi connectivity index (χ3v) is 3.05. The molecule has 0 radical (unpaired) electrons. The molecule has 1 fully saturated rings. The summed E-state index contributed by atoms with van der Waals surface area (Å²) in [6.07, 6.45) is 3.01. The molecule has 1 saturated heterocycles. The lowest BCUT2D eigenvalue weighted by molar-refractivity contribution is -0.120. The second-order valence-corrected chi connectivity index (χ2v) is 6.19. The van der Waals surface area contributed by atoms with Crippen LogP contribution in [0.4, 0.5) is 0 Å². The van der Waals surface area contributed by atoms with Crippen LogP contribution < -0.4 is 5.32 Å². The highest BCUT2D eigenvalue weighted by Gasteiger charge is 2.32. The molecule has 58 valence electrons. The fourth-order valence-electron chi connectivity index (χ4n) is 0.917. The Balaban J connectivity index is 2.61. The molecule has 0 atom stereocenters. The summed E-state index contributed by atoms with van der Waals surface area (Å²) in [5.41, 5.74) is 0. The van der Waals surface area contributed by atoms with Crippen molar-refractivity contribution >= 4 is 37.8 Å². The van der Waals surface area contributed by atoms with Gasteiger partial charge in [0.15, 0.2) is 3.23 Å². The van der Waals surface area contributed by atoms with E-state index in [1.54, 1.807) is 0 Å². The first-order valence-corrected chi connectivity index (χ1v) is 4.88. The van der Waals surface area contributed by atoms with Crippen LogP contribution in [0, 0.1) is 0 Å². The maximum absolute atomic E-state index is 11.1. The zero-order chi connectivity index (χ0) is 7.61. The van der Waals surface area contributed by atoms with E-state index < -0.39 is 3.23 Å². The molecule has 0 spiro atoms. The van der Waals surface area contributed by atoms with Crippen molar-refractivity contribution in [2.24, 2.45) is 0 Å². The first-order chi connectivity index (χ1) is 4.63. The average molecular weight is 271 g/mol. The van der Waals surface area contributed by atoms with Gasteiger partial charge in [0.1, 0.15) is 0 Å². The third kappa shape index (κ3) is 1.95. The van der Waals surface area contributed by atoms with Crippen LogP contribution in [-0.4, -0.2) is 15.7 Å². The summed E-state index contributed by atoms with van der Waals surface area (Å²) in [5.74, 6) is 0.0463. The summed E-state index contributed by atoms with van der Waals surface area (Å²) in [7, 11) is 0. The standard InChI is InChI=1S/C6H9Br2NO/c7-6(8)3-1-2-4-9-5(6)10/h1-4H2,(H,9,10). The Morgan fingerprint density at radius 1 is 1.40 bits per heavy atom. The lowest BCUT2D eigenvalue weighted by Crippen LogP contribution is -2.35. The molecule has 2 nitrogen and oxygen atoms in total. The number of nitrogens with one attached hydrogen (secondary N) is 1. The second kappa shape index (κ2) is 3.22. The molecule has 0 saturated carbocycles. The maximum Gasteiger partial charge on any atom is 0.247 e. The van der Waals surface area contributed by atoms with Gasteiger partial charge in [-0.25, -0.2) is 0 Å². The van der Waals surface area contributed by atoms with Gasteiger partial charge in [-0.05, 0) is 19.3 Å². The predicted octanol–water partition coefficient (Wildman–Crippen LogP) is 1.77. The van der Waals surface area contributed by atoms with E-state index in [1.165, 1.54) is 0 Å². The van der Waals surface area contributed by atoms with E-state index in [-0.39, 0.29) is 5.91 Å². The zero-order valence-corrected chi connectivity index (χ0v) is 8.66.